The van der Waals surface area contributed by atoms with Crippen LogP contribution in [0.4, 0.5) is 0 Å². The number of likely N-dealkylation sites (N-methyl/N-ethyl adjacent to an activating group) is 1. The molecule has 5 nitrogen and oxygen atoms in total. The number of rotatable bonds is 5. The molecule has 2 atom stereocenters. The van der Waals surface area contributed by atoms with Crippen LogP contribution in [0.5, 0.6) is 5.75 Å². The molecule has 0 saturated carbocycles. The van der Waals surface area contributed by atoms with Gasteiger partial charge < -0.3 is 19.3 Å². The van der Waals surface area contributed by atoms with Crippen molar-refractivity contribution in [3.05, 3.63) is 47.3 Å². The van der Waals surface area contributed by atoms with E-state index in [1.54, 1.807) is 0 Å². The van der Waals surface area contributed by atoms with Gasteiger partial charge in [0, 0.05) is 12.1 Å². The second-order valence-corrected chi connectivity index (χ2v) is 6.53. The lowest BCUT2D eigenvalue weighted by atomic mass is 9.87. The Morgan fingerprint density at radius 2 is 2.13 bits per heavy atom. The maximum atomic E-state index is 11.0. The standard InChI is InChI=1S/C18H24N2O3/c1-13-11-15(19-23-13)12-22-16-8-6-14(7-9-16)18(2,21)17-5-4-10-20(17)3/h6-9,11,17,21H,4-5,10,12H2,1-3H3/t17-,18?/m1/s1. The molecule has 1 aromatic carbocycles. The van der Waals surface area contributed by atoms with Gasteiger partial charge in [-0.25, -0.2) is 0 Å². The molecule has 1 unspecified atom stereocenters. The van der Waals surface area contributed by atoms with Crippen molar-refractivity contribution < 1.29 is 14.4 Å². The highest BCUT2D eigenvalue weighted by Crippen LogP contribution is 2.34. The average molecular weight is 316 g/mol. The van der Waals surface area contributed by atoms with Gasteiger partial charge in [-0.05, 0) is 58.0 Å². The SMILES string of the molecule is Cc1cc(COc2ccc(C(C)(O)[C@H]3CCCN3C)cc2)no1. The predicted octanol–water partition coefficient (Wildman–Crippen LogP) is 2.86. The van der Waals surface area contributed by atoms with E-state index >= 15 is 0 Å². The van der Waals surface area contributed by atoms with Gasteiger partial charge in [-0.2, -0.15) is 0 Å². The molecule has 1 aromatic heterocycles. The summed E-state index contributed by atoms with van der Waals surface area (Å²) in [6.07, 6.45) is 2.16. The normalized spacial score (nSPS) is 21.3. The molecule has 1 aliphatic rings. The van der Waals surface area contributed by atoms with E-state index in [9.17, 15) is 5.11 Å². The van der Waals surface area contributed by atoms with Crippen LogP contribution in [-0.2, 0) is 12.2 Å². The Labute approximate surface area is 136 Å². The molecule has 2 aromatic rings. The Hall–Kier alpha value is -1.85. The first-order valence-electron chi connectivity index (χ1n) is 8.05. The van der Waals surface area contributed by atoms with Crippen LogP contribution < -0.4 is 4.74 Å². The van der Waals surface area contributed by atoms with Crippen LogP contribution in [0.3, 0.4) is 0 Å². The second kappa shape index (κ2) is 6.34. The van der Waals surface area contributed by atoms with Crippen LogP contribution in [0.1, 0.15) is 36.8 Å². The van der Waals surface area contributed by atoms with E-state index in [1.807, 2.05) is 44.2 Å². The van der Waals surface area contributed by atoms with E-state index in [2.05, 4.69) is 17.1 Å². The van der Waals surface area contributed by atoms with Crippen molar-refractivity contribution in [2.45, 2.75) is 44.9 Å². The van der Waals surface area contributed by atoms with Crippen LogP contribution in [0, 0.1) is 6.92 Å². The molecule has 0 radical (unpaired) electrons. The van der Waals surface area contributed by atoms with E-state index in [1.165, 1.54) is 0 Å². The van der Waals surface area contributed by atoms with Gasteiger partial charge in [0.25, 0.3) is 0 Å². The molecular weight excluding hydrogens is 292 g/mol. The smallest absolute Gasteiger partial charge is 0.134 e. The van der Waals surface area contributed by atoms with Crippen molar-refractivity contribution in [2.24, 2.45) is 0 Å². The van der Waals surface area contributed by atoms with Crippen LogP contribution in [0.15, 0.2) is 34.9 Å². The zero-order chi connectivity index (χ0) is 16.4. The van der Waals surface area contributed by atoms with Crippen LogP contribution >= 0.6 is 0 Å². The molecule has 23 heavy (non-hydrogen) atoms. The number of aryl methyl sites for hydroxylation is 1. The second-order valence-electron chi connectivity index (χ2n) is 6.53. The number of likely N-dealkylation sites (tertiary alicyclic amines) is 1. The molecule has 1 fully saturated rings. The summed E-state index contributed by atoms with van der Waals surface area (Å²) >= 11 is 0. The van der Waals surface area contributed by atoms with Crippen LogP contribution in [0.25, 0.3) is 0 Å². The first kappa shape index (κ1) is 16.0. The minimum atomic E-state index is -0.854. The Balaban J connectivity index is 1.66. The summed E-state index contributed by atoms with van der Waals surface area (Å²) in [6, 6.07) is 9.68. The Morgan fingerprint density at radius 3 is 2.70 bits per heavy atom. The van der Waals surface area contributed by atoms with Gasteiger partial charge in [0.05, 0.1) is 0 Å². The maximum Gasteiger partial charge on any atom is 0.134 e. The summed E-state index contributed by atoms with van der Waals surface area (Å²) in [4.78, 5) is 2.23. The number of ether oxygens (including phenoxy) is 1. The van der Waals surface area contributed by atoms with Crippen LogP contribution in [0.2, 0.25) is 0 Å². The summed E-state index contributed by atoms with van der Waals surface area (Å²) in [5.41, 5.74) is 0.833. The number of benzene rings is 1. The van der Waals surface area contributed by atoms with Crippen molar-refractivity contribution >= 4 is 0 Å². The number of hydrogen-bond acceptors (Lipinski definition) is 5. The number of aliphatic hydroxyl groups is 1. The average Bonchev–Trinajstić information content (AvgIpc) is 3.14. The van der Waals surface area contributed by atoms with Gasteiger partial charge in [0.1, 0.15) is 29.4 Å². The molecule has 0 spiro atoms. The van der Waals surface area contributed by atoms with Crippen molar-refractivity contribution in [1.29, 1.82) is 0 Å². The minimum absolute atomic E-state index is 0.160. The van der Waals surface area contributed by atoms with E-state index in [-0.39, 0.29) is 6.04 Å². The van der Waals surface area contributed by atoms with E-state index in [4.69, 9.17) is 9.26 Å². The molecule has 0 bridgehead atoms. The molecule has 1 aliphatic heterocycles. The number of aromatic nitrogens is 1. The third-order valence-corrected chi connectivity index (χ3v) is 4.67. The Kier molecular flexibility index (Phi) is 4.41. The highest BCUT2D eigenvalue weighted by atomic mass is 16.5. The highest BCUT2D eigenvalue weighted by molar-refractivity contribution is 5.32. The van der Waals surface area contributed by atoms with Crippen molar-refractivity contribution in [2.75, 3.05) is 13.6 Å². The first-order valence-corrected chi connectivity index (χ1v) is 8.05. The van der Waals surface area contributed by atoms with Crippen LogP contribution in [-0.4, -0.2) is 34.8 Å². The number of hydrogen-bond donors (Lipinski definition) is 1. The fourth-order valence-corrected chi connectivity index (χ4v) is 3.34. The van der Waals surface area contributed by atoms with Gasteiger partial charge in [-0.15, -0.1) is 0 Å². The quantitative estimate of drug-likeness (QED) is 0.919. The molecule has 0 amide bonds. The molecular formula is C18H24N2O3. The van der Waals surface area contributed by atoms with E-state index in [0.29, 0.717) is 6.61 Å². The van der Waals surface area contributed by atoms with E-state index < -0.39 is 5.60 Å². The molecule has 0 aliphatic carbocycles. The summed E-state index contributed by atoms with van der Waals surface area (Å²) in [5.74, 6) is 1.53. The number of nitrogens with zero attached hydrogens (tertiary/aromatic N) is 2. The highest BCUT2D eigenvalue weighted by Gasteiger charge is 2.38. The minimum Gasteiger partial charge on any atom is -0.487 e. The van der Waals surface area contributed by atoms with Crippen molar-refractivity contribution in [3.8, 4) is 5.75 Å². The van der Waals surface area contributed by atoms with Crippen molar-refractivity contribution in [1.82, 2.24) is 10.1 Å². The lowest BCUT2D eigenvalue weighted by molar-refractivity contribution is -0.0153. The topological polar surface area (TPSA) is 58.7 Å². The molecule has 5 heteroatoms. The largest absolute Gasteiger partial charge is 0.487 e. The fourth-order valence-electron chi connectivity index (χ4n) is 3.34. The predicted molar refractivity (Wildman–Crippen MR) is 87.2 cm³/mol. The molecule has 1 saturated heterocycles. The lowest BCUT2D eigenvalue weighted by Gasteiger charge is -2.35. The molecule has 1 N–H and O–H groups in total. The molecule has 3 rings (SSSR count). The fraction of sp³-hybridized carbons (Fsp3) is 0.500. The van der Waals surface area contributed by atoms with Gasteiger partial charge in [-0.3, -0.25) is 0 Å². The summed E-state index contributed by atoms with van der Waals surface area (Å²) < 4.78 is 10.7. The van der Waals surface area contributed by atoms with Gasteiger partial charge in [0.15, 0.2) is 0 Å². The maximum absolute atomic E-state index is 11.0. The Morgan fingerprint density at radius 1 is 1.39 bits per heavy atom. The molecule has 124 valence electrons. The summed E-state index contributed by atoms with van der Waals surface area (Å²) in [7, 11) is 2.07. The Bertz CT molecular complexity index is 649. The summed E-state index contributed by atoms with van der Waals surface area (Å²) in [5, 5.41) is 14.9. The zero-order valence-electron chi connectivity index (χ0n) is 14.0. The zero-order valence-corrected chi connectivity index (χ0v) is 14.0. The molecule has 2 heterocycles. The third kappa shape index (κ3) is 3.41. The summed E-state index contributed by atoms with van der Waals surface area (Å²) in [6.45, 7) is 5.17. The van der Waals surface area contributed by atoms with Gasteiger partial charge in [-0.1, -0.05) is 17.3 Å². The van der Waals surface area contributed by atoms with Gasteiger partial charge >= 0.3 is 0 Å². The first-order chi connectivity index (χ1) is 11.0. The monoisotopic (exact) mass is 316 g/mol. The van der Waals surface area contributed by atoms with E-state index in [0.717, 1.165) is 42.2 Å². The lowest BCUT2D eigenvalue weighted by Crippen LogP contribution is -2.43. The van der Waals surface area contributed by atoms with Crippen molar-refractivity contribution in [3.63, 3.8) is 0 Å². The third-order valence-electron chi connectivity index (χ3n) is 4.67. The van der Waals surface area contributed by atoms with Gasteiger partial charge in [0.2, 0.25) is 0 Å².